The average Bonchev–Trinajstić information content (AvgIpc) is 3.34. The number of benzene rings is 1. The highest BCUT2D eigenvalue weighted by Crippen LogP contribution is 2.45. The molecular formula is C25H31N5O. The van der Waals surface area contributed by atoms with Crippen molar-refractivity contribution in [3.63, 3.8) is 0 Å². The van der Waals surface area contributed by atoms with Crippen molar-refractivity contribution in [3.05, 3.63) is 53.1 Å². The van der Waals surface area contributed by atoms with Crippen LogP contribution >= 0.6 is 0 Å². The van der Waals surface area contributed by atoms with Crippen LogP contribution in [0.2, 0.25) is 0 Å². The minimum atomic E-state index is 0.0706. The van der Waals surface area contributed by atoms with Crippen LogP contribution in [0.25, 0.3) is 16.7 Å². The summed E-state index contributed by atoms with van der Waals surface area (Å²) in [6.07, 6.45) is 7.64. The van der Waals surface area contributed by atoms with Crippen molar-refractivity contribution < 1.29 is 4.79 Å². The van der Waals surface area contributed by atoms with Crippen LogP contribution in [-0.2, 0) is 6.42 Å². The molecule has 1 aliphatic heterocycles. The Labute approximate surface area is 183 Å². The first-order chi connectivity index (χ1) is 14.9. The number of piperidine rings is 1. The molecule has 2 aromatic heterocycles. The van der Waals surface area contributed by atoms with E-state index >= 15 is 0 Å². The first kappa shape index (κ1) is 20.0. The Morgan fingerprint density at radius 2 is 2.00 bits per heavy atom. The summed E-state index contributed by atoms with van der Waals surface area (Å²) in [7, 11) is 0. The van der Waals surface area contributed by atoms with Gasteiger partial charge in [0.05, 0.1) is 23.1 Å². The second kappa shape index (κ2) is 7.36. The summed E-state index contributed by atoms with van der Waals surface area (Å²) in [4.78, 5) is 23.2. The van der Waals surface area contributed by atoms with Gasteiger partial charge in [-0.1, -0.05) is 12.1 Å². The summed E-state index contributed by atoms with van der Waals surface area (Å²) < 4.78 is 1.94. The molecule has 0 saturated carbocycles. The van der Waals surface area contributed by atoms with Crippen molar-refractivity contribution in [3.8, 4) is 0 Å². The van der Waals surface area contributed by atoms with Gasteiger partial charge in [-0.05, 0) is 70.1 Å². The van der Waals surface area contributed by atoms with Crippen molar-refractivity contribution in [2.75, 3.05) is 13.1 Å². The number of likely N-dealkylation sites (tertiary alicyclic amines) is 1. The standard InChI is InChI=1S/C25H31N5O/c1-5-22(18-6-7-20-21(12-18)27-15-26-20)29-10-8-25(9-11-29)13-19-17(4)28-30(16(2)3)24(19)23(31)14-25/h5-7,12,15-16H,8-11,13-14H2,1-4H3,(H,26,27). The van der Waals surface area contributed by atoms with E-state index in [4.69, 9.17) is 5.10 Å². The molecule has 1 N–H and O–H groups in total. The molecule has 0 radical (unpaired) electrons. The first-order valence-corrected chi connectivity index (χ1v) is 11.4. The summed E-state index contributed by atoms with van der Waals surface area (Å²) in [5.74, 6) is 0.277. The van der Waals surface area contributed by atoms with Gasteiger partial charge in [0.15, 0.2) is 5.78 Å². The maximum absolute atomic E-state index is 13.2. The number of aryl methyl sites for hydroxylation is 1. The zero-order valence-electron chi connectivity index (χ0n) is 18.9. The summed E-state index contributed by atoms with van der Waals surface area (Å²) in [6.45, 7) is 10.3. The SMILES string of the molecule is CC=C(c1ccc2[nH]cnc2c1)N1CCC2(CC1)CC(=O)c1c(c(C)nn1C(C)C)C2. The zero-order valence-corrected chi connectivity index (χ0v) is 18.9. The molecule has 0 amide bonds. The fraction of sp³-hybridized carbons (Fsp3) is 0.480. The summed E-state index contributed by atoms with van der Waals surface area (Å²) in [5.41, 5.74) is 7.66. The Morgan fingerprint density at radius 3 is 2.71 bits per heavy atom. The number of imidazole rings is 1. The summed E-state index contributed by atoms with van der Waals surface area (Å²) >= 11 is 0. The van der Waals surface area contributed by atoms with Crippen molar-refractivity contribution in [2.24, 2.45) is 5.41 Å². The number of ketones is 1. The molecule has 162 valence electrons. The van der Waals surface area contributed by atoms with Crippen LogP contribution < -0.4 is 0 Å². The van der Waals surface area contributed by atoms with E-state index < -0.39 is 0 Å². The number of carbonyl (C=O) groups excluding carboxylic acids is 1. The molecule has 1 spiro atoms. The van der Waals surface area contributed by atoms with Crippen LogP contribution in [0.4, 0.5) is 0 Å². The molecule has 6 heteroatoms. The lowest BCUT2D eigenvalue weighted by atomic mass is 9.66. The number of H-pyrrole nitrogens is 1. The number of aromatic amines is 1. The van der Waals surface area contributed by atoms with Crippen LogP contribution in [0.3, 0.4) is 0 Å². The van der Waals surface area contributed by atoms with Crippen LogP contribution in [0.1, 0.15) is 73.4 Å². The predicted molar refractivity (Wildman–Crippen MR) is 123 cm³/mol. The molecule has 31 heavy (non-hydrogen) atoms. The molecule has 0 atom stereocenters. The highest BCUT2D eigenvalue weighted by atomic mass is 16.1. The molecule has 1 aliphatic carbocycles. The van der Waals surface area contributed by atoms with Crippen molar-refractivity contribution in [2.45, 2.75) is 59.4 Å². The number of Topliss-reactive ketones (excluding diaryl/α,β-unsaturated/α-hetero) is 1. The molecule has 3 heterocycles. The number of hydrogen-bond acceptors (Lipinski definition) is 4. The Kier molecular flexibility index (Phi) is 4.76. The summed E-state index contributed by atoms with van der Waals surface area (Å²) in [6, 6.07) is 6.64. The normalized spacial score (nSPS) is 18.9. The van der Waals surface area contributed by atoms with Gasteiger partial charge in [-0.3, -0.25) is 9.48 Å². The quantitative estimate of drug-likeness (QED) is 0.657. The lowest BCUT2D eigenvalue weighted by molar-refractivity contribution is 0.0754. The largest absolute Gasteiger partial charge is 0.371 e. The second-order valence-electron chi connectivity index (χ2n) is 9.52. The Morgan fingerprint density at radius 1 is 1.23 bits per heavy atom. The van der Waals surface area contributed by atoms with E-state index in [-0.39, 0.29) is 17.2 Å². The number of nitrogens with zero attached hydrogens (tertiary/aromatic N) is 4. The molecule has 1 saturated heterocycles. The monoisotopic (exact) mass is 417 g/mol. The average molecular weight is 418 g/mol. The van der Waals surface area contributed by atoms with E-state index in [9.17, 15) is 4.79 Å². The van der Waals surface area contributed by atoms with Crippen LogP contribution in [0.5, 0.6) is 0 Å². The topological polar surface area (TPSA) is 66.8 Å². The number of aromatic nitrogens is 4. The number of nitrogens with one attached hydrogen (secondary N) is 1. The zero-order chi connectivity index (χ0) is 21.8. The van der Waals surface area contributed by atoms with E-state index in [1.54, 1.807) is 6.33 Å². The number of hydrogen-bond donors (Lipinski definition) is 1. The minimum absolute atomic E-state index is 0.0706. The smallest absolute Gasteiger partial charge is 0.181 e. The van der Waals surface area contributed by atoms with Gasteiger partial charge in [0.2, 0.25) is 0 Å². The lowest BCUT2D eigenvalue weighted by Gasteiger charge is -2.45. The predicted octanol–water partition coefficient (Wildman–Crippen LogP) is 4.92. The Bertz CT molecular complexity index is 1170. The van der Waals surface area contributed by atoms with E-state index in [1.165, 1.54) is 16.8 Å². The molecule has 5 rings (SSSR count). The molecule has 1 fully saturated rings. The van der Waals surface area contributed by atoms with Gasteiger partial charge in [-0.2, -0.15) is 5.10 Å². The highest BCUT2D eigenvalue weighted by molar-refractivity contribution is 5.98. The van der Waals surface area contributed by atoms with E-state index in [0.29, 0.717) is 6.42 Å². The van der Waals surface area contributed by atoms with E-state index in [1.807, 2.05) is 4.68 Å². The maximum atomic E-state index is 13.2. The minimum Gasteiger partial charge on any atom is -0.371 e. The van der Waals surface area contributed by atoms with Crippen LogP contribution in [-0.4, -0.2) is 43.5 Å². The molecular weight excluding hydrogens is 386 g/mol. The highest BCUT2D eigenvalue weighted by Gasteiger charge is 2.43. The van der Waals surface area contributed by atoms with Gasteiger partial charge in [0, 0.05) is 36.8 Å². The van der Waals surface area contributed by atoms with Gasteiger partial charge in [-0.25, -0.2) is 4.98 Å². The van der Waals surface area contributed by atoms with Gasteiger partial charge >= 0.3 is 0 Å². The Balaban J connectivity index is 1.37. The molecule has 6 nitrogen and oxygen atoms in total. The fourth-order valence-electron chi connectivity index (χ4n) is 5.52. The third-order valence-corrected chi connectivity index (χ3v) is 7.21. The molecule has 2 aliphatic rings. The van der Waals surface area contributed by atoms with Crippen molar-refractivity contribution >= 4 is 22.5 Å². The van der Waals surface area contributed by atoms with Crippen molar-refractivity contribution in [1.82, 2.24) is 24.6 Å². The van der Waals surface area contributed by atoms with E-state index in [0.717, 1.165) is 54.8 Å². The molecule has 1 aromatic carbocycles. The maximum Gasteiger partial charge on any atom is 0.181 e. The Hall–Kier alpha value is -2.89. The molecule has 0 bridgehead atoms. The molecule has 3 aromatic rings. The van der Waals surface area contributed by atoms with Gasteiger partial charge in [0.1, 0.15) is 5.69 Å². The number of carbonyl (C=O) groups is 1. The van der Waals surface area contributed by atoms with Crippen LogP contribution in [0, 0.1) is 12.3 Å². The van der Waals surface area contributed by atoms with Gasteiger partial charge in [-0.15, -0.1) is 0 Å². The first-order valence-electron chi connectivity index (χ1n) is 11.4. The third-order valence-electron chi connectivity index (χ3n) is 7.21. The fourth-order valence-corrected chi connectivity index (χ4v) is 5.52. The van der Waals surface area contributed by atoms with Crippen molar-refractivity contribution in [1.29, 1.82) is 0 Å². The van der Waals surface area contributed by atoms with Gasteiger partial charge in [0.25, 0.3) is 0 Å². The summed E-state index contributed by atoms with van der Waals surface area (Å²) in [5, 5.41) is 4.70. The number of fused-ring (bicyclic) bond motifs is 2. The number of rotatable bonds is 3. The van der Waals surface area contributed by atoms with E-state index in [2.05, 4.69) is 66.8 Å². The lowest BCUT2D eigenvalue weighted by Crippen LogP contribution is -2.43. The molecule has 0 unspecified atom stereocenters. The van der Waals surface area contributed by atoms with Crippen LogP contribution in [0.15, 0.2) is 30.6 Å². The van der Waals surface area contributed by atoms with Gasteiger partial charge < -0.3 is 9.88 Å². The second-order valence-corrected chi connectivity index (χ2v) is 9.52. The number of allylic oxidation sites excluding steroid dienone is 1. The third kappa shape index (κ3) is 3.29.